The number of imidazole rings is 1. The van der Waals surface area contributed by atoms with Gasteiger partial charge in [0.05, 0.1) is 24.3 Å². The van der Waals surface area contributed by atoms with Gasteiger partial charge in [0.25, 0.3) is 0 Å². The van der Waals surface area contributed by atoms with Crippen LogP contribution in [-0.4, -0.2) is 39.7 Å². The fourth-order valence-electron chi connectivity index (χ4n) is 2.12. The maximum absolute atomic E-state index is 10.1. The predicted octanol–water partition coefficient (Wildman–Crippen LogP) is 0.405. The summed E-state index contributed by atoms with van der Waals surface area (Å²) in [5.41, 5.74) is 0.922. The van der Waals surface area contributed by atoms with Crippen molar-refractivity contribution < 1.29 is 5.11 Å². The summed E-state index contributed by atoms with van der Waals surface area (Å²) in [6.45, 7) is 2.06. The molecule has 0 aromatic carbocycles. The van der Waals surface area contributed by atoms with Crippen molar-refractivity contribution in [2.75, 3.05) is 20.1 Å². The van der Waals surface area contributed by atoms with Gasteiger partial charge in [0, 0.05) is 19.5 Å². The molecule has 0 spiro atoms. The van der Waals surface area contributed by atoms with E-state index in [1.807, 2.05) is 11.6 Å². The van der Waals surface area contributed by atoms with Crippen molar-refractivity contribution >= 4 is 0 Å². The summed E-state index contributed by atoms with van der Waals surface area (Å²) >= 11 is 0. The number of nitrogens with zero attached hydrogens (tertiary/aromatic N) is 3. The summed E-state index contributed by atoms with van der Waals surface area (Å²) in [4.78, 5) is 6.28. The highest BCUT2D eigenvalue weighted by Crippen LogP contribution is 2.28. The van der Waals surface area contributed by atoms with Crippen molar-refractivity contribution in [3.8, 4) is 0 Å². The lowest BCUT2D eigenvalue weighted by Gasteiger charge is -2.18. The van der Waals surface area contributed by atoms with E-state index in [0.29, 0.717) is 5.92 Å². The SMILES string of the molecule is CN1CCC(C(O)c2cncn2C)C1. The molecule has 0 saturated carbocycles. The second-order valence-corrected chi connectivity index (χ2v) is 4.19. The number of hydrogen-bond donors (Lipinski definition) is 1. The molecule has 2 rings (SSSR count). The molecule has 4 nitrogen and oxygen atoms in total. The van der Waals surface area contributed by atoms with Crippen molar-refractivity contribution in [3.63, 3.8) is 0 Å². The van der Waals surface area contributed by atoms with Crippen LogP contribution in [0.4, 0.5) is 0 Å². The zero-order valence-electron chi connectivity index (χ0n) is 8.72. The van der Waals surface area contributed by atoms with Gasteiger partial charge in [-0.3, -0.25) is 0 Å². The van der Waals surface area contributed by atoms with Gasteiger partial charge in [-0.1, -0.05) is 0 Å². The summed E-state index contributed by atoms with van der Waals surface area (Å²) < 4.78 is 1.89. The van der Waals surface area contributed by atoms with E-state index in [4.69, 9.17) is 0 Å². The second-order valence-electron chi connectivity index (χ2n) is 4.19. The number of aliphatic hydroxyl groups excluding tert-OH is 1. The number of likely N-dealkylation sites (tertiary alicyclic amines) is 1. The standard InChI is InChI=1S/C10H17N3O/c1-12-4-3-8(6-12)10(14)9-5-11-7-13(9)2/h5,7-8,10,14H,3-4,6H2,1-2H3. The number of aromatic nitrogens is 2. The highest BCUT2D eigenvalue weighted by atomic mass is 16.3. The molecule has 1 aromatic heterocycles. The molecular weight excluding hydrogens is 178 g/mol. The Labute approximate surface area is 84.2 Å². The summed E-state index contributed by atoms with van der Waals surface area (Å²) in [5.74, 6) is 0.357. The first kappa shape index (κ1) is 9.68. The molecule has 14 heavy (non-hydrogen) atoms. The Hall–Kier alpha value is -0.870. The Kier molecular flexibility index (Phi) is 2.56. The van der Waals surface area contributed by atoms with E-state index in [-0.39, 0.29) is 6.10 Å². The Bertz CT molecular complexity index is 310. The summed E-state index contributed by atoms with van der Waals surface area (Å²) in [6.07, 6.45) is 4.19. The Morgan fingerprint density at radius 1 is 1.57 bits per heavy atom. The highest BCUT2D eigenvalue weighted by Gasteiger charge is 2.28. The summed E-state index contributed by atoms with van der Waals surface area (Å²) in [7, 11) is 4.01. The van der Waals surface area contributed by atoms with E-state index >= 15 is 0 Å². The van der Waals surface area contributed by atoms with E-state index in [9.17, 15) is 5.11 Å². The average Bonchev–Trinajstić information content (AvgIpc) is 2.73. The van der Waals surface area contributed by atoms with Crippen molar-refractivity contribution in [1.29, 1.82) is 0 Å². The summed E-state index contributed by atoms with van der Waals surface area (Å²) in [5, 5.41) is 10.1. The van der Waals surface area contributed by atoms with E-state index in [0.717, 1.165) is 25.2 Å². The van der Waals surface area contributed by atoms with Gasteiger partial charge in [0.2, 0.25) is 0 Å². The minimum Gasteiger partial charge on any atom is -0.386 e. The lowest BCUT2D eigenvalue weighted by atomic mass is 9.99. The Morgan fingerprint density at radius 2 is 2.36 bits per heavy atom. The van der Waals surface area contributed by atoms with Crippen LogP contribution in [0.15, 0.2) is 12.5 Å². The van der Waals surface area contributed by atoms with Crippen molar-refractivity contribution in [3.05, 3.63) is 18.2 Å². The minimum absolute atomic E-state index is 0.357. The zero-order valence-corrected chi connectivity index (χ0v) is 8.72. The molecule has 0 aliphatic carbocycles. The largest absolute Gasteiger partial charge is 0.386 e. The Morgan fingerprint density at radius 3 is 2.86 bits per heavy atom. The molecule has 0 bridgehead atoms. The molecule has 1 saturated heterocycles. The van der Waals surface area contributed by atoms with Gasteiger partial charge in [0.15, 0.2) is 0 Å². The van der Waals surface area contributed by atoms with E-state index in [2.05, 4.69) is 16.9 Å². The third kappa shape index (κ3) is 1.67. The van der Waals surface area contributed by atoms with Gasteiger partial charge in [-0.25, -0.2) is 4.98 Å². The molecule has 1 aliphatic heterocycles. The van der Waals surface area contributed by atoms with E-state index < -0.39 is 0 Å². The quantitative estimate of drug-likeness (QED) is 0.743. The van der Waals surface area contributed by atoms with Crippen molar-refractivity contribution in [1.82, 2.24) is 14.5 Å². The van der Waals surface area contributed by atoms with Crippen molar-refractivity contribution in [2.45, 2.75) is 12.5 Å². The number of aryl methyl sites for hydroxylation is 1. The molecule has 2 atom stereocenters. The van der Waals surface area contributed by atoms with Crippen LogP contribution in [-0.2, 0) is 7.05 Å². The molecule has 4 heteroatoms. The number of hydrogen-bond acceptors (Lipinski definition) is 3. The van der Waals surface area contributed by atoms with E-state index in [1.54, 1.807) is 12.5 Å². The monoisotopic (exact) mass is 195 g/mol. The lowest BCUT2D eigenvalue weighted by Crippen LogP contribution is -2.19. The molecule has 1 aromatic rings. The van der Waals surface area contributed by atoms with Crippen LogP contribution < -0.4 is 0 Å². The topological polar surface area (TPSA) is 41.3 Å². The van der Waals surface area contributed by atoms with Gasteiger partial charge in [-0.05, 0) is 20.0 Å². The molecule has 1 N–H and O–H groups in total. The first-order valence-electron chi connectivity index (χ1n) is 5.01. The predicted molar refractivity (Wildman–Crippen MR) is 53.8 cm³/mol. The molecular formula is C10H17N3O. The minimum atomic E-state index is -0.368. The van der Waals surface area contributed by atoms with Gasteiger partial charge >= 0.3 is 0 Å². The number of aliphatic hydroxyl groups is 1. The average molecular weight is 195 g/mol. The van der Waals surface area contributed by atoms with Gasteiger partial charge < -0.3 is 14.6 Å². The van der Waals surface area contributed by atoms with E-state index in [1.165, 1.54) is 0 Å². The summed E-state index contributed by atoms with van der Waals surface area (Å²) in [6, 6.07) is 0. The van der Waals surface area contributed by atoms with Crippen LogP contribution >= 0.6 is 0 Å². The van der Waals surface area contributed by atoms with Crippen LogP contribution in [0.3, 0.4) is 0 Å². The third-order valence-electron chi connectivity index (χ3n) is 3.03. The van der Waals surface area contributed by atoms with Crippen LogP contribution in [0.1, 0.15) is 18.2 Å². The van der Waals surface area contributed by atoms with Gasteiger partial charge in [-0.2, -0.15) is 0 Å². The molecule has 0 amide bonds. The fraction of sp³-hybridized carbons (Fsp3) is 0.700. The van der Waals surface area contributed by atoms with Crippen LogP contribution in [0, 0.1) is 5.92 Å². The molecule has 78 valence electrons. The fourth-order valence-corrected chi connectivity index (χ4v) is 2.12. The molecule has 2 heterocycles. The second kappa shape index (κ2) is 3.71. The maximum atomic E-state index is 10.1. The van der Waals surface area contributed by atoms with Crippen LogP contribution in [0.2, 0.25) is 0 Å². The van der Waals surface area contributed by atoms with Crippen LogP contribution in [0.25, 0.3) is 0 Å². The zero-order chi connectivity index (χ0) is 10.1. The normalized spacial score (nSPS) is 25.5. The first-order valence-corrected chi connectivity index (χ1v) is 5.01. The van der Waals surface area contributed by atoms with Gasteiger partial charge in [0.1, 0.15) is 0 Å². The van der Waals surface area contributed by atoms with Crippen molar-refractivity contribution in [2.24, 2.45) is 13.0 Å². The highest BCUT2D eigenvalue weighted by molar-refractivity contribution is 5.04. The maximum Gasteiger partial charge on any atom is 0.0996 e. The smallest absolute Gasteiger partial charge is 0.0996 e. The van der Waals surface area contributed by atoms with Gasteiger partial charge in [-0.15, -0.1) is 0 Å². The molecule has 0 radical (unpaired) electrons. The molecule has 1 aliphatic rings. The van der Waals surface area contributed by atoms with Crippen LogP contribution in [0.5, 0.6) is 0 Å². The molecule has 2 unspecified atom stereocenters. The first-order chi connectivity index (χ1) is 6.68. The number of rotatable bonds is 2. The third-order valence-corrected chi connectivity index (χ3v) is 3.03. The Balaban J connectivity index is 2.09. The molecule has 1 fully saturated rings. The lowest BCUT2D eigenvalue weighted by molar-refractivity contribution is 0.106.